The molecule has 0 bridgehead atoms. The van der Waals surface area contributed by atoms with E-state index in [9.17, 15) is 9.18 Å². The van der Waals surface area contributed by atoms with E-state index in [1.165, 1.54) is 12.1 Å². The van der Waals surface area contributed by atoms with E-state index in [0.29, 0.717) is 12.1 Å². The maximum absolute atomic E-state index is 13.2. The molecule has 0 saturated carbocycles. The first-order valence-electron chi connectivity index (χ1n) is 5.39. The van der Waals surface area contributed by atoms with Crippen LogP contribution in [0.25, 0.3) is 0 Å². The maximum Gasteiger partial charge on any atom is 0.252 e. The molecule has 94 valence electrons. The van der Waals surface area contributed by atoms with E-state index in [0.717, 1.165) is 13.0 Å². The van der Waals surface area contributed by atoms with E-state index in [-0.39, 0.29) is 10.4 Å². The minimum Gasteiger partial charge on any atom is -0.352 e. The molecule has 0 spiro atoms. The van der Waals surface area contributed by atoms with Crippen LogP contribution in [0, 0.1) is 5.82 Å². The average molecular weight is 303 g/mol. The maximum atomic E-state index is 13.2. The van der Waals surface area contributed by atoms with Crippen molar-refractivity contribution in [3.63, 3.8) is 0 Å². The van der Waals surface area contributed by atoms with Crippen molar-refractivity contribution in [2.24, 2.45) is 0 Å². The second-order valence-electron chi connectivity index (χ2n) is 4.01. The van der Waals surface area contributed by atoms with Crippen LogP contribution in [0.4, 0.5) is 4.39 Å². The van der Waals surface area contributed by atoms with Crippen LogP contribution in [0.3, 0.4) is 0 Å². The quantitative estimate of drug-likeness (QED) is 0.846. The number of hydrogen-bond acceptors (Lipinski definition) is 2. The first-order chi connectivity index (χ1) is 8.02. The van der Waals surface area contributed by atoms with Crippen molar-refractivity contribution in [3.8, 4) is 0 Å². The Morgan fingerprint density at radius 3 is 2.82 bits per heavy atom. The third-order valence-electron chi connectivity index (χ3n) is 2.26. The van der Waals surface area contributed by atoms with Gasteiger partial charge in [0.05, 0.1) is 10.0 Å². The Kier molecular flexibility index (Phi) is 5.58. The Hall–Kier alpha value is -0.940. The molecule has 1 amide bonds. The number of rotatable bonds is 5. The molecule has 0 aliphatic heterocycles. The van der Waals surface area contributed by atoms with Gasteiger partial charge in [0.25, 0.3) is 5.91 Å². The summed E-state index contributed by atoms with van der Waals surface area (Å²) in [5, 5.41) is 2.76. The number of halogens is 2. The Labute approximate surface area is 109 Å². The molecule has 1 rings (SSSR count). The van der Waals surface area contributed by atoms with Gasteiger partial charge in [0.15, 0.2) is 0 Å². The third-order valence-corrected chi connectivity index (χ3v) is 3.07. The van der Waals surface area contributed by atoms with Crippen molar-refractivity contribution in [2.45, 2.75) is 6.42 Å². The van der Waals surface area contributed by atoms with Crippen LogP contribution in [0.1, 0.15) is 16.8 Å². The standard InChI is InChI=1S/C12H16BrFN2O/c1-16(2)8-4-7-15-12(17)9-5-3-6-10(14)11(9)13/h3,5-6H,4,7-8H2,1-2H3,(H,15,17). The summed E-state index contributed by atoms with van der Waals surface area (Å²) in [4.78, 5) is 13.8. The first-order valence-corrected chi connectivity index (χ1v) is 6.18. The van der Waals surface area contributed by atoms with Gasteiger partial charge in [0, 0.05) is 6.54 Å². The number of amides is 1. The Balaban J connectivity index is 2.50. The fourth-order valence-corrected chi connectivity index (χ4v) is 1.82. The highest BCUT2D eigenvalue weighted by Crippen LogP contribution is 2.20. The molecule has 1 aromatic carbocycles. The minimum absolute atomic E-state index is 0.213. The van der Waals surface area contributed by atoms with Crippen LogP contribution >= 0.6 is 15.9 Å². The highest BCUT2D eigenvalue weighted by atomic mass is 79.9. The molecule has 1 N–H and O–H groups in total. The topological polar surface area (TPSA) is 32.3 Å². The molecule has 0 saturated heterocycles. The molecular formula is C12H16BrFN2O. The number of benzene rings is 1. The largest absolute Gasteiger partial charge is 0.352 e. The van der Waals surface area contributed by atoms with E-state index >= 15 is 0 Å². The summed E-state index contributed by atoms with van der Waals surface area (Å²) in [6.45, 7) is 1.49. The lowest BCUT2D eigenvalue weighted by atomic mass is 10.2. The SMILES string of the molecule is CN(C)CCCNC(=O)c1cccc(F)c1Br. The number of carbonyl (C=O) groups excluding carboxylic acids is 1. The zero-order valence-corrected chi connectivity index (χ0v) is 11.6. The Morgan fingerprint density at radius 1 is 1.47 bits per heavy atom. The fourth-order valence-electron chi connectivity index (χ4n) is 1.37. The van der Waals surface area contributed by atoms with Gasteiger partial charge < -0.3 is 10.2 Å². The molecule has 1 aromatic rings. The second-order valence-corrected chi connectivity index (χ2v) is 4.81. The number of hydrogen-bond donors (Lipinski definition) is 1. The summed E-state index contributed by atoms with van der Waals surface area (Å²) >= 11 is 3.07. The molecule has 5 heteroatoms. The molecule has 0 aliphatic rings. The van der Waals surface area contributed by atoms with Crippen molar-refractivity contribution >= 4 is 21.8 Å². The van der Waals surface area contributed by atoms with Gasteiger partial charge in [0.2, 0.25) is 0 Å². The predicted octanol–water partition coefficient (Wildman–Crippen LogP) is 2.27. The van der Waals surface area contributed by atoms with Gasteiger partial charge in [-0.25, -0.2) is 4.39 Å². The summed E-state index contributed by atoms with van der Waals surface area (Å²) in [5.74, 6) is -0.680. The lowest BCUT2D eigenvalue weighted by Gasteiger charge is -2.10. The highest BCUT2D eigenvalue weighted by molar-refractivity contribution is 9.10. The van der Waals surface area contributed by atoms with E-state index in [1.54, 1.807) is 6.07 Å². The molecule has 0 heterocycles. The summed E-state index contributed by atoms with van der Waals surface area (Å²) in [5.41, 5.74) is 0.329. The van der Waals surface area contributed by atoms with Crippen molar-refractivity contribution in [1.82, 2.24) is 10.2 Å². The van der Waals surface area contributed by atoms with Gasteiger partial charge in [-0.3, -0.25) is 4.79 Å². The highest BCUT2D eigenvalue weighted by Gasteiger charge is 2.12. The average Bonchev–Trinajstić information content (AvgIpc) is 2.27. The number of nitrogens with zero attached hydrogens (tertiary/aromatic N) is 1. The monoisotopic (exact) mass is 302 g/mol. The molecule has 0 aromatic heterocycles. The molecule has 17 heavy (non-hydrogen) atoms. The van der Waals surface area contributed by atoms with Crippen LogP contribution in [-0.2, 0) is 0 Å². The van der Waals surface area contributed by atoms with Gasteiger partial charge in [-0.05, 0) is 55.1 Å². The molecule has 0 unspecified atom stereocenters. The van der Waals surface area contributed by atoms with Crippen molar-refractivity contribution in [1.29, 1.82) is 0 Å². The molecule has 3 nitrogen and oxygen atoms in total. The zero-order chi connectivity index (χ0) is 12.8. The van der Waals surface area contributed by atoms with Gasteiger partial charge in [-0.2, -0.15) is 0 Å². The molecule has 0 fully saturated rings. The zero-order valence-electron chi connectivity index (χ0n) is 9.96. The number of nitrogens with one attached hydrogen (secondary N) is 1. The molecule has 0 aliphatic carbocycles. The molecule has 0 atom stereocenters. The van der Waals surface area contributed by atoms with Crippen LogP contribution in [0.2, 0.25) is 0 Å². The predicted molar refractivity (Wildman–Crippen MR) is 69.6 cm³/mol. The van der Waals surface area contributed by atoms with Crippen LogP contribution in [-0.4, -0.2) is 38.0 Å². The van der Waals surface area contributed by atoms with Crippen molar-refractivity contribution in [3.05, 3.63) is 34.1 Å². The molecule has 0 radical (unpaired) electrons. The van der Waals surface area contributed by atoms with E-state index in [4.69, 9.17) is 0 Å². The first kappa shape index (κ1) is 14.1. The summed E-state index contributed by atoms with van der Waals surface area (Å²) in [6.07, 6.45) is 0.867. The minimum atomic E-state index is -0.425. The summed E-state index contributed by atoms with van der Waals surface area (Å²) in [7, 11) is 3.95. The Bertz CT molecular complexity index is 396. The van der Waals surface area contributed by atoms with Crippen molar-refractivity contribution < 1.29 is 9.18 Å². The van der Waals surface area contributed by atoms with Gasteiger partial charge >= 0.3 is 0 Å². The van der Waals surface area contributed by atoms with Crippen LogP contribution < -0.4 is 5.32 Å². The van der Waals surface area contributed by atoms with Crippen LogP contribution in [0.5, 0.6) is 0 Å². The molecular weight excluding hydrogens is 287 g/mol. The van der Waals surface area contributed by atoms with Gasteiger partial charge in [0.1, 0.15) is 5.82 Å². The smallest absolute Gasteiger partial charge is 0.252 e. The summed E-state index contributed by atoms with van der Waals surface area (Å²) in [6, 6.07) is 4.43. The fraction of sp³-hybridized carbons (Fsp3) is 0.417. The number of carbonyl (C=O) groups is 1. The van der Waals surface area contributed by atoms with Crippen LogP contribution in [0.15, 0.2) is 22.7 Å². The second kappa shape index (κ2) is 6.71. The van der Waals surface area contributed by atoms with E-state index < -0.39 is 5.82 Å². The van der Waals surface area contributed by atoms with Crippen molar-refractivity contribution in [2.75, 3.05) is 27.2 Å². The van der Waals surface area contributed by atoms with E-state index in [2.05, 4.69) is 21.2 Å². The lowest BCUT2D eigenvalue weighted by Crippen LogP contribution is -2.27. The van der Waals surface area contributed by atoms with Gasteiger partial charge in [-0.15, -0.1) is 0 Å². The normalized spacial score (nSPS) is 10.6. The van der Waals surface area contributed by atoms with E-state index in [1.807, 2.05) is 19.0 Å². The Morgan fingerprint density at radius 2 is 2.18 bits per heavy atom. The third kappa shape index (κ3) is 4.44. The lowest BCUT2D eigenvalue weighted by molar-refractivity contribution is 0.0951. The summed E-state index contributed by atoms with van der Waals surface area (Å²) < 4.78 is 13.4. The van der Waals surface area contributed by atoms with Gasteiger partial charge in [-0.1, -0.05) is 6.07 Å².